The molecule has 2 N–H and O–H groups in total. The van der Waals surface area contributed by atoms with Crippen LogP contribution >= 0.6 is 0 Å². The van der Waals surface area contributed by atoms with Crippen molar-refractivity contribution in [2.75, 3.05) is 12.4 Å². The fourth-order valence-electron chi connectivity index (χ4n) is 5.79. The highest BCUT2D eigenvalue weighted by molar-refractivity contribution is 7.89. The van der Waals surface area contributed by atoms with E-state index in [1.54, 1.807) is 30.3 Å². The van der Waals surface area contributed by atoms with Crippen LogP contribution in [0.5, 0.6) is 0 Å². The Morgan fingerprint density at radius 3 is 2.26 bits per heavy atom. The van der Waals surface area contributed by atoms with Crippen LogP contribution in [-0.4, -0.2) is 55.7 Å². The van der Waals surface area contributed by atoms with Gasteiger partial charge in [-0.05, 0) is 67.1 Å². The Morgan fingerprint density at radius 2 is 1.62 bits per heavy atom. The molecule has 3 aromatic carbocycles. The molecule has 2 aliphatic rings. The molecule has 42 heavy (non-hydrogen) atoms. The average Bonchev–Trinajstić information content (AvgIpc) is 3.60. The van der Waals surface area contributed by atoms with Crippen LogP contribution in [0.15, 0.2) is 77.7 Å². The molecule has 12 heteroatoms. The highest BCUT2D eigenvalue weighted by atomic mass is 32.2. The summed E-state index contributed by atoms with van der Waals surface area (Å²) >= 11 is 0. The van der Waals surface area contributed by atoms with Gasteiger partial charge in [-0.25, -0.2) is 22.0 Å². The molecule has 2 amide bonds. The first-order valence-electron chi connectivity index (χ1n) is 13.4. The maximum Gasteiger partial charge on any atom is 0.328 e. The molecule has 2 fully saturated rings. The number of anilines is 1. The number of carbonyl (C=O) groups is 3. The lowest BCUT2D eigenvalue weighted by Gasteiger charge is -2.34. The van der Waals surface area contributed by atoms with E-state index in [2.05, 4.69) is 10.6 Å². The average molecular weight is 598 g/mol. The number of hydrogen-bond donors (Lipinski definition) is 2. The van der Waals surface area contributed by atoms with E-state index in [0.717, 1.165) is 18.2 Å². The number of halogens is 2. The lowest BCUT2D eigenvalue weighted by molar-refractivity contribution is -0.145. The van der Waals surface area contributed by atoms with Gasteiger partial charge >= 0.3 is 5.97 Å². The van der Waals surface area contributed by atoms with Crippen LogP contribution < -0.4 is 10.6 Å². The molecule has 0 spiro atoms. The van der Waals surface area contributed by atoms with E-state index in [1.165, 1.54) is 35.7 Å². The molecule has 1 heterocycles. The van der Waals surface area contributed by atoms with Crippen molar-refractivity contribution < 1.29 is 36.3 Å². The summed E-state index contributed by atoms with van der Waals surface area (Å²) in [6.45, 7) is 0. The van der Waals surface area contributed by atoms with Gasteiger partial charge in [-0.2, -0.15) is 4.31 Å². The van der Waals surface area contributed by atoms with Crippen molar-refractivity contribution in [2.24, 2.45) is 5.92 Å². The molecule has 3 aromatic rings. The van der Waals surface area contributed by atoms with E-state index in [0.29, 0.717) is 24.8 Å². The molecular weight excluding hydrogens is 568 g/mol. The SMILES string of the molecule is COC(=O)C(Cc1ccc(NC(=O)c2c(F)cccc2F)cc1)NC(=O)C1C2CCC(C2)N1S(=O)(=O)c1ccccc1. The van der Waals surface area contributed by atoms with Crippen LogP contribution in [0.2, 0.25) is 0 Å². The normalized spacial score (nSPS) is 20.6. The van der Waals surface area contributed by atoms with Crippen molar-refractivity contribution in [1.82, 2.24) is 9.62 Å². The van der Waals surface area contributed by atoms with E-state index < -0.39 is 57.1 Å². The monoisotopic (exact) mass is 597 g/mol. The highest BCUT2D eigenvalue weighted by Gasteiger charge is 2.54. The summed E-state index contributed by atoms with van der Waals surface area (Å²) in [7, 11) is -2.76. The zero-order valence-electron chi connectivity index (χ0n) is 22.6. The minimum Gasteiger partial charge on any atom is -0.467 e. The Kier molecular flexibility index (Phi) is 8.37. The Labute approximate surface area is 241 Å². The number of carbonyl (C=O) groups excluding carboxylic acids is 3. The predicted molar refractivity (Wildman–Crippen MR) is 149 cm³/mol. The topological polar surface area (TPSA) is 122 Å². The molecule has 220 valence electrons. The summed E-state index contributed by atoms with van der Waals surface area (Å²) in [5.41, 5.74) is 0.134. The van der Waals surface area contributed by atoms with Gasteiger partial charge in [0.1, 0.15) is 29.3 Å². The summed E-state index contributed by atoms with van der Waals surface area (Å²) in [4.78, 5) is 38.7. The Bertz CT molecular complexity index is 1580. The first kappa shape index (κ1) is 29.3. The van der Waals surface area contributed by atoms with Crippen LogP contribution in [0.4, 0.5) is 14.5 Å². The molecule has 0 aromatic heterocycles. The number of fused-ring (bicyclic) bond motifs is 2. The molecule has 5 rings (SSSR count). The van der Waals surface area contributed by atoms with E-state index in [4.69, 9.17) is 4.74 Å². The molecule has 9 nitrogen and oxygen atoms in total. The third kappa shape index (κ3) is 5.77. The van der Waals surface area contributed by atoms with Gasteiger partial charge in [0.15, 0.2) is 0 Å². The predicted octanol–water partition coefficient (Wildman–Crippen LogP) is 3.66. The first-order chi connectivity index (χ1) is 20.1. The zero-order chi connectivity index (χ0) is 30.0. The number of esters is 1. The highest BCUT2D eigenvalue weighted by Crippen LogP contribution is 2.45. The second-order valence-corrected chi connectivity index (χ2v) is 12.2. The molecule has 4 atom stereocenters. The number of piperidine rings is 1. The van der Waals surface area contributed by atoms with Crippen molar-refractivity contribution in [2.45, 2.75) is 48.7 Å². The second-order valence-electron chi connectivity index (χ2n) is 10.4. The molecule has 1 saturated carbocycles. The van der Waals surface area contributed by atoms with Crippen LogP contribution in [-0.2, 0) is 30.8 Å². The quantitative estimate of drug-likeness (QED) is 0.363. The molecule has 2 bridgehead atoms. The molecule has 1 aliphatic heterocycles. The maximum absolute atomic E-state index is 13.9. The minimum absolute atomic E-state index is 0.0147. The third-order valence-corrected chi connectivity index (χ3v) is 9.71. The number of sulfonamides is 1. The van der Waals surface area contributed by atoms with Gasteiger partial charge in [0.05, 0.1) is 12.0 Å². The van der Waals surface area contributed by atoms with Crippen LogP contribution in [0.1, 0.15) is 35.2 Å². The Hall–Kier alpha value is -4.16. The lowest BCUT2D eigenvalue weighted by Crippen LogP contribution is -2.56. The zero-order valence-corrected chi connectivity index (χ0v) is 23.4. The smallest absolute Gasteiger partial charge is 0.328 e. The van der Waals surface area contributed by atoms with Crippen molar-refractivity contribution in [3.05, 3.63) is 95.6 Å². The van der Waals surface area contributed by atoms with E-state index in [-0.39, 0.29) is 29.0 Å². The molecule has 4 unspecified atom stereocenters. The van der Waals surface area contributed by atoms with Crippen molar-refractivity contribution >= 4 is 33.5 Å². The summed E-state index contributed by atoms with van der Waals surface area (Å²) < 4.78 is 61.1. The second kappa shape index (κ2) is 12.0. The van der Waals surface area contributed by atoms with Crippen molar-refractivity contribution in [3.8, 4) is 0 Å². The molecule has 1 aliphatic carbocycles. The van der Waals surface area contributed by atoms with E-state index >= 15 is 0 Å². The largest absolute Gasteiger partial charge is 0.467 e. The number of benzene rings is 3. The number of amides is 2. The summed E-state index contributed by atoms with van der Waals surface area (Å²) in [6, 6.07) is 14.8. The van der Waals surface area contributed by atoms with Crippen molar-refractivity contribution in [3.63, 3.8) is 0 Å². The molecule has 1 saturated heterocycles. The number of nitrogens with one attached hydrogen (secondary N) is 2. The lowest BCUT2D eigenvalue weighted by atomic mass is 9.98. The van der Waals surface area contributed by atoms with E-state index in [1.807, 2.05) is 0 Å². The fraction of sp³-hybridized carbons (Fsp3) is 0.300. The standard InChI is InChI=1S/C30H29F2N3O6S/c1-41-30(38)25(16-18-10-13-20(14-11-18)33-28(36)26-23(31)8-5-9-24(26)32)34-29(37)27-19-12-15-21(17-19)35(27)42(39,40)22-6-3-2-4-7-22/h2-11,13-14,19,21,25,27H,12,15-17H2,1H3,(H,33,36)(H,34,37). The fourth-order valence-corrected chi connectivity index (χ4v) is 7.69. The Balaban J connectivity index is 1.30. The van der Waals surface area contributed by atoms with Crippen LogP contribution in [0.25, 0.3) is 0 Å². The first-order valence-corrected chi connectivity index (χ1v) is 14.8. The van der Waals surface area contributed by atoms with Gasteiger partial charge in [0.25, 0.3) is 5.91 Å². The van der Waals surface area contributed by atoms with E-state index in [9.17, 15) is 31.6 Å². The maximum atomic E-state index is 13.9. The number of rotatable bonds is 9. The summed E-state index contributed by atoms with van der Waals surface area (Å²) in [5, 5.41) is 5.13. The number of methoxy groups -OCH3 is 1. The molecule has 0 radical (unpaired) electrons. The third-order valence-electron chi connectivity index (χ3n) is 7.76. The van der Waals surface area contributed by atoms with Gasteiger partial charge in [0.2, 0.25) is 15.9 Å². The summed E-state index contributed by atoms with van der Waals surface area (Å²) in [5.74, 6) is -4.41. The summed E-state index contributed by atoms with van der Waals surface area (Å²) in [6.07, 6.45) is 1.95. The van der Waals surface area contributed by atoms with Crippen LogP contribution in [0, 0.1) is 17.6 Å². The minimum atomic E-state index is -3.95. The van der Waals surface area contributed by atoms with Gasteiger partial charge in [0, 0.05) is 18.2 Å². The van der Waals surface area contributed by atoms with Crippen LogP contribution in [0.3, 0.4) is 0 Å². The number of hydrogen-bond acceptors (Lipinski definition) is 6. The molecular formula is C30H29F2N3O6S. The van der Waals surface area contributed by atoms with Gasteiger partial charge in [-0.15, -0.1) is 0 Å². The Morgan fingerprint density at radius 1 is 0.952 bits per heavy atom. The van der Waals surface area contributed by atoms with Gasteiger partial charge < -0.3 is 15.4 Å². The van der Waals surface area contributed by atoms with Gasteiger partial charge in [-0.1, -0.05) is 36.4 Å². The number of nitrogens with zero attached hydrogens (tertiary/aromatic N) is 1. The van der Waals surface area contributed by atoms with Crippen molar-refractivity contribution in [1.29, 1.82) is 0 Å². The number of ether oxygens (including phenoxy) is 1. The van der Waals surface area contributed by atoms with Gasteiger partial charge in [-0.3, -0.25) is 9.59 Å².